The first kappa shape index (κ1) is 16.3. The predicted octanol–water partition coefficient (Wildman–Crippen LogP) is 5.18. The van der Waals surface area contributed by atoms with Crippen LogP contribution in [0.2, 0.25) is 5.02 Å². The molecule has 0 saturated heterocycles. The van der Waals surface area contributed by atoms with E-state index in [1.54, 1.807) is 18.5 Å². The van der Waals surface area contributed by atoms with Gasteiger partial charge in [0.2, 0.25) is 0 Å². The lowest BCUT2D eigenvalue weighted by atomic mass is 10.1. The van der Waals surface area contributed by atoms with Gasteiger partial charge < -0.3 is 10.1 Å². The van der Waals surface area contributed by atoms with Gasteiger partial charge in [0.1, 0.15) is 11.5 Å². The van der Waals surface area contributed by atoms with Crippen molar-refractivity contribution in [3.63, 3.8) is 0 Å². The highest BCUT2D eigenvalue weighted by atomic mass is 79.9. The molecule has 0 spiro atoms. The van der Waals surface area contributed by atoms with Gasteiger partial charge in [0, 0.05) is 24.3 Å². The molecule has 2 aromatic rings. The topological polar surface area (TPSA) is 34.1 Å². The van der Waals surface area contributed by atoms with Gasteiger partial charge in [-0.15, -0.1) is 0 Å². The molecule has 0 radical (unpaired) electrons. The Morgan fingerprint density at radius 3 is 2.62 bits per heavy atom. The minimum absolute atomic E-state index is 0.0914. The zero-order chi connectivity index (χ0) is 15.5. The van der Waals surface area contributed by atoms with E-state index in [4.69, 9.17) is 16.3 Å². The number of ether oxygens (including phenoxy) is 1. The second kappa shape index (κ2) is 6.77. The van der Waals surface area contributed by atoms with Crippen LogP contribution < -0.4 is 10.1 Å². The molecule has 0 aliphatic carbocycles. The molecule has 0 fully saturated rings. The van der Waals surface area contributed by atoms with Gasteiger partial charge in [-0.05, 0) is 54.4 Å². The van der Waals surface area contributed by atoms with E-state index in [9.17, 15) is 0 Å². The molecule has 1 aromatic carbocycles. The molecule has 3 nitrogen and oxygen atoms in total. The molecule has 0 atom stereocenters. The molecule has 0 saturated carbocycles. The van der Waals surface area contributed by atoms with Crippen LogP contribution in [0, 0.1) is 0 Å². The van der Waals surface area contributed by atoms with Crippen LogP contribution in [0.3, 0.4) is 0 Å². The molecular formula is C16H18BrClN2O. The first-order chi connectivity index (χ1) is 9.83. The summed E-state index contributed by atoms with van der Waals surface area (Å²) in [6.45, 7) is 7.24. The third-order valence-corrected chi connectivity index (χ3v) is 3.55. The van der Waals surface area contributed by atoms with E-state index >= 15 is 0 Å². The van der Waals surface area contributed by atoms with E-state index in [1.807, 2.05) is 18.2 Å². The van der Waals surface area contributed by atoms with Crippen LogP contribution in [0.1, 0.15) is 26.3 Å². The molecule has 2 rings (SSSR count). The van der Waals surface area contributed by atoms with Crippen molar-refractivity contribution in [2.45, 2.75) is 32.9 Å². The normalized spacial score (nSPS) is 11.5. The third-order valence-electron chi connectivity index (χ3n) is 2.73. The molecule has 21 heavy (non-hydrogen) atoms. The molecule has 1 heterocycles. The lowest BCUT2D eigenvalue weighted by molar-refractivity contribution is 0.424. The van der Waals surface area contributed by atoms with Crippen LogP contribution >= 0.6 is 27.5 Å². The van der Waals surface area contributed by atoms with E-state index in [0.29, 0.717) is 10.8 Å². The number of pyridine rings is 1. The number of nitrogens with one attached hydrogen (secondary N) is 1. The molecule has 0 amide bonds. The van der Waals surface area contributed by atoms with E-state index in [0.717, 1.165) is 16.8 Å². The van der Waals surface area contributed by atoms with Gasteiger partial charge in [0.15, 0.2) is 0 Å². The minimum atomic E-state index is 0.0914. The summed E-state index contributed by atoms with van der Waals surface area (Å²) in [4.78, 5) is 4.00. The summed E-state index contributed by atoms with van der Waals surface area (Å²) in [5.74, 6) is 1.35. The number of halogens is 2. The third kappa shape index (κ3) is 5.30. The maximum absolute atomic E-state index is 5.90. The second-order valence-electron chi connectivity index (χ2n) is 5.81. The zero-order valence-electron chi connectivity index (χ0n) is 12.3. The maximum Gasteiger partial charge on any atom is 0.147 e. The molecule has 112 valence electrons. The number of nitrogens with zero attached hydrogens (tertiary/aromatic N) is 1. The van der Waals surface area contributed by atoms with Crippen molar-refractivity contribution in [1.29, 1.82) is 0 Å². The molecule has 0 aliphatic heterocycles. The van der Waals surface area contributed by atoms with Crippen molar-refractivity contribution in [1.82, 2.24) is 10.3 Å². The van der Waals surface area contributed by atoms with Gasteiger partial charge in [-0.3, -0.25) is 4.98 Å². The van der Waals surface area contributed by atoms with Gasteiger partial charge in [0.05, 0.1) is 15.7 Å². The molecule has 0 bridgehead atoms. The van der Waals surface area contributed by atoms with Crippen LogP contribution in [0.4, 0.5) is 0 Å². The molecule has 1 N–H and O–H groups in total. The zero-order valence-corrected chi connectivity index (χ0v) is 14.6. The Morgan fingerprint density at radius 2 is 2.00 bits per heavy atom. The summed E-state index contributed by atoms with van der Waals surface area (Å²) >= 11 is 9.43. The highest BCUT2D eigenvalue weighted by Gasteiger charge is 2.10. The molecule has 0 aliphatic rings. The van der Waals surface area contributed by atoms with Crippen molar-refractivity contribution in [2.24, 2.45) is 0 Å². The van der Waals surface area contributed by atoms with Gasteiger partial charge in [-0.1, -0.05) is 17.7 Å². The Bertz CT molecular complexity index is 626. The fraction of sp³-hybridized carbons (Fsp3) is 0.312. The smallest absolute Gasteiger partial charge is 0.147 e. The molecular weight excluding hydrogens is 352 g/mol. The van der Waals surface area contributed by atoms with Crippen molar-refractivity contribution in [3.8, 4) is 11.5 Å². The lowest BCUT2D eigenvalue weighted by Crippen LogP contribution is -2.35. The number of hydrogen-bond donors (Lipinski definition) is 1. The van der Waals surface area contributed by atoms with Crippen LogP contribution in [0.15, 0.2) is 41.1 Å². The Labute approximate surface area is 138 Å². The fourth-order valence-electron chi connectivity index (χ4n) is 1.68. The number of benzene rings is 1. The summed E-state index contributed by atoms with van der Waals surface area (Å²) in [6.07, 6.45) is 3.21. The highest BCUT2D eigenvalue weighted by Crippen LogP contribution is 2.31. The first-order valence-electron chi connectivity index (χ1n) is 6.65. The van der Waals surface area contributed by atoms with Crippen molar-refractivity contribution < 1.29 is 4.74 Å². The summed E-state index contributed by atoms with van der Waals surface area (Å²) < 4.78 is 6.67. The predicted molar refractivity (Wildman–Crippen MR) is 90.1 cm³/mol. The average molecular weight is 370 g/mol. The van der Waals surface area contributed by atoms with Crippen LogP contribution in [-0.4, -0.2) is 10.5 Å². The lowest BCUT2D eigenvalue weighted by Gasteiger charge is -2.20. The van der Waals surface area contributed by atoms with E-state index in [1.165, 1.54) is 5.56 Å². The Morgan fingerprint density at radius 1 is 1.24 bits per heavy atom. The number of rotatable bonds is 4. The number of aromatic nitrogens is 1. The molecule has 1 aromatic heterocycles. The summed E-state index contributed by atoms with van der Waals surface area (Å²) in [5.41, 5.74) is 1.28. The minimum Gasteiger partial charge on any atom is -0.455 e. The SMILES string of the molecule is CC(C)(C)NCc1ccc(Oc2cncc(Cl)c2)c(Br)c1. The Hall–Kier alpha value is -1.10. The van der Waals surface area contributed by atoms with Gasteiger partial charge in [-0.25, -0.2) is 0 Å². The van der Waals surface area contributed by atoms with E-state index < -0.39 is 0 Å². The summed E-state index contributed by atoms with van der Waals surface area (Å²) in [5, 5.41) is 4.00. The first-order valence-corrected chi connectivity index (χ1v) is 7.82. The van der Waals surface area contributed by atoms with Crippen molar-refractivity contribution >= 4 is 27.5 Å². The standard InChI is InChI=1S/C16H18BrClN2O/c1-16(2,3)20-8-11-4-5-15(14(17)6-11)21-13-7-12(18)9-19-10-13/h4-7,9-10,20H,8H2,1-3H3. The Balaban J connectivity index is 2.09. The molecule has 0 unspecified atom stereocenters. The summed E-state index contributed by atoms with van der Waals surface area (Å²) in [6, 6.07) is 7.75. The average Bonchev–Trinajstić information content (AvgIpc) is 2.38. The number of hydrogen-bond acceptors (Lipinski definition) is 3. The Kier molecular flexibility index (Phi) is 5.25. The maximum atomic E-state index is 5.90. The quantitative estimate of drug-likeness (QED) is 0.806. The van der Waals surface area contributed by atoms with E-state index in [2.05, 4.69) is 47.0 Å². The van der Waals surface area contributed by atoms with Gasteiger partial charge in [-0.2, -0.15) is 0 Å². The van der Waals surface area contributed by atoms with Crippen molar-refractivity contribution in [2.75, 3.05) is 0 Å². The largest absolute Gasteiger partial charge is 0.455 e. The molecule has 5 heteroatoms. The fourth-order valence-corrected chi connectivity index (χ4v) is 2.35. The second-order valence-corrected chi connectivity index (χ2v) is 7.10. The van der Waals surface area contributed by atoms with Gasteiger partial charge in [0.25, 0.3) is 0 Å². The highest BCUT2D eigenvalue weighted by molar-refractivity contribution is 9.10. The van der Waals surface area contributed by atoms with Crippen molar-refractivity contribution in [3.05, 3.63) is 51.7 Å². The van der Waals surface area contributed by atoms with E-state index in [-0.39, 0.29) is 5.54 Å². The van der Waals surface area contributed by atoms with Crippen LogP contribution in [0.25, 0.3) is 0 Å². The monoisotopic (exact) mass is 368 g/mol. The van der Waals surface area contributed by atoms with Crippen LogP contribution in [0.5, 0.6) is 11.5 Å². The van der Waals surface area contributed by atoms with Crippen LogP contribution in [-0.2, 0) is 6.54 Å². The summed E-state index contributed by atoms with van der Waals surface area (Å²) in [7, 11) is 0. The van der Waals surface area contributed by atoms with Gasteiger partial charge >= 0.3 is 0 Å².